The third-order valence-electron chi connectivity index (χ3n) is 3.79. The molecule has 0 radical (unpaired) electrons. The molecule has 2 aromatic rings. The van der Waals surface area contributed by atoms with E-state index >= 15 is 0 Å². The van der Waals surface area contributed by atoms with Gasteiger partial charge < -0.3 is 18.8 Å². The van der Waals surface area contributed by atoms with Crippen molar-refractivity contribution in [3.63, 3.8) is 0 Å². The number of carbonyl (C=O) groups is 1. The molecule has 1 amide bonds. The second kappa shape index (κ2) is 6.01. The molecule has 1 aromatic carbocycles. The summed E-state index contributed by atoms with van der Waals surface area (Å²) in [6.07, 6.45) is 1.71. The molecule has 118 valence electrons. The number of benzene rings is 1. The molecule has 1 saturated heterocycles. The Hall–Kier alpha value is -2.01. The van der Waals surface area contributed by atoms with Crippen LogP contribution in [0.3, 0.4) is 0 Å². The van der Waals surface area contributed by atoms with E-state index in [1.54, 1.807) is 18.4 Å². The van der Waals surface area contributed by atoms with Crippen LogP contribution in [0.2, 0.25) is 0 Å². The number of rotatable bonds is 3. The summed E-state index contributed by atoms with van der Waals surface area (Å²) < 4.78 is 16.8. The Morgan fingerprint density at radius 1 is 1.32 bits per heavy atom. The van der Waals surface area contributed by atoms with E-state index in [2.05, 4.69) is 0 Å². The van der Waals surface area contributed by atoms with Gasteiger partial charge in [0.15, 0.2) is 0 Å². The smallest absolute Gasteiger partial charge is 0.254 e. The first-order valence-electron chi connectivity index (χ1n) is 7.67. The van der Waals surface area contributed by atoms with Crippen molar-refractivity contribution in [2.24, 2.45) is 0 Å². The van der Waals surface area contributed by atoms with Crippen molar-refractivity contribution in [1.29, 1.82) is 0 Å². The van der Waals surface area contributed by atoms with Crippen LogP contribution >= 0.6 is 0 Å². The van der Waals surface area contributed by atoms with Crippen LogP contribution in [0.5, 0.6) is 5.75 Å². The van der Waals surface area contributed by atoms with Gasteiger partial charge in [-0.3, -0.25) is 4.79 Å². The van der Waals surface area contributed by atoms with Crippen molar-refractivity contribution < 1.29 is 18.7 Å². The Kier molecular flexibility index (Phi) is 4.07. The van der Waals surface area contributed by atoms with E-state index in [4.69, 9.17) is 13.9 Å². The molecule has 1 fully saturated rings. The average Bonchev–Trinajstić information content (AvgIpc) is 2.94. The molecule has 0 bridgehead atoms. The second-order valence-corrected chi connectivity index (χ2v) is 5.71. The topological polar surface area (TPSA) is 51.9 Å². The molecular weight excluding hydrogens is 282 g/mol. The van der Waals surface area contributed by atoms with Crippen LogP contribution in [0.1, 0.15) is 31.1 Å². The van der Waals surface area contributed by atoms with Gasteiger partial charge in [0.2, 0.25) is 0 Å². The fourth-order valence-electron chi connectivity index (χ4n) is 2.96. The maximum Gasteiger partial charge on any atom is 0.254 e. The quantitative estimate of drug-likeness (QED) is 0.874. The summed E-state index contributed by atoms with van der Waals surface area (Å²) in [5, 5.41) is 0.891. The highest BCUT2D eigenvalue weighted by Crippen LogP contribution is 2.29. The van der Waals surface area contributed by atoms with Gasteiger partial charge in [-0.05, 0) is 39.0 Å². The van der Waals surface area contributed by atoms with E-state index < -0.39 is 0 Å². The Balaban J connectivity index is 1.93. The van der Waals surface area contributed by atoms with Crippen molar-refractivity contribution >= 4 is 16.9 Å². The van der Waals surface area contributed by atoms with Crippen LogP contribution in [0.25, 0.3) is 11.0 Å². The van der Waals surface area contributed by atoms with E-state index in [0.29, 0.717) is 36.6 Å². The molecule has 2 heterocycles. The highest BCUT2D eigenvalue weighted by Gasteiger charge is 2.27. The van der Waals surface area contributed by atoms with Gasteiger partial charge in [-0.15, -0.1) is 0 Å². The fourth-order valence-corrected chi connectivity index (χ4v) is 2.96. The molecule has 5 nitrogen and oxygen atoms in total. The Labute approximate surface area is 129 Å². The number of amides is 1. The van der Waals surface area contributed by atoms with Gasteiger partial charge in [0, 0.05) is 18.7 Å². The fraction of sp³-hybridized carbons (Fsp3) is 0.471. The summed E-state index contributed by atoms with van der Waals surface area (Å²) >= 11 is 0. The lowest BCUT2D eigenvalue weighted by atomic mass is 10.1. The minimum atomic E-state index is -0.0127. The van der Waals surface area contributed by atoms with Crippen molar-refractivity contribution in [3.8, 4) is 5.75 Å². The largest absolute Gasteiger partial charge is 0.493 e. The van der Waals surface area contributed by atoms with Crippen LogP contribution in [-0.4, -0.2) is 42.7 Å². The molecular formula is C17H21NO4. The first-order valence-corrected chi connectivity index (χ1v) is 7.67. The number of furan rings is 1. The third kappa shape index (κ3) is 2.81. The number of morpholine rings is 1. The summed E-state index contributed by atoms with van der Waals surface area (Å²) in [5.74, 6) is 0.674. The van der Waals surface area contributed by atoms with E-state index in [9.17, 15) is 4.79 Å². The Morgan fingerprint density at radius 2 is 2.05 bits per heavy atom. The highest BCUT2D eigenvalue weighted by atomic mass is 16.5. The molecule has 1 aliphatic heterocycles. The lowest BCUT2D eigenvalue weighted by Crippen LogP contribution is -2.48. The van der Waals surface area contributed by atoms with Gasteiger partial charge in [-0.2, -0.15) is 0 Å². The maximum atomic E-state index is 12.8. The summed E-state index contributed by atoms with van der Waals surface area (Å²) in [7, 11) is 0. The molecule has 1 aromatic heterocycles. The van der Waals surface area contributed by atoms with Crippen molar-refractivity contribution in [2.75, 3.05) is 19.7 Å². The molecule has 0 unspecified atom stereocenters. The molecule has 0 spiro atoms. The number of nitrogens with zero attached hydrogens (tertiary/aromatic N) is 1. The zero-order chi connectivity index (χ0) is 15.7. The second-order valence-electron chi connectivity index (χ2n) is 5.71. The van der Waals surface area contributed by atoms with Gasteiger partial charge in [0.25, 0.3) is 5.91 Å². The molecule has 0 saturated carbocycles. The predicted octanol–water partition coefficient (Wildman–Crippen LogP) is 3.08. The monoisotopic (exact) mass is 303 g/mol. The average molecular weight is 303 g/mol. The zero-order valence-electron chi connectivity index (χ0n) is 13.2. The highest BCUT2D eigenvalue weighted by molar-refractivity contribution is 5.99. The number of carbonyl (C=O) groups excluding carboxylic acids is 1. The minimum absolute atomic E-state index is 0.0127. The van der Waals surface area contributed by atoms with Gasteiger partial charge in [0.1, 0.15) is 11.3 Å². The number of ether oxygens (including phenoxy) is 2. The molecule has 2 atom stereocenters. The van der Waals surface area contributed by atoms with Gasteiger partial charge in [-0.25, -0.2) is 0 Å². The molecule has 22 heavy (non-hydrogen) atoms. The third-order valence-corrected chi connectivity index (χ3v) is 3.79. The normalized spacial score (nSPS) is 22.0. The zero-order valence-corrected chi connectivity index (χ0v) is 13.2. The van der Waals surface area contributed by atoms with E-state index in [1.807, 2.05) is 31.7 Å². The standard InChI is InChI=1S/C17H21NO4/c1-4-20-15-7-13(8-16-14(15)5-6-21-16)17(19)18-9-11(2)22-12(3)10-18/h5-8,11-12H,4,9-10H2,1-3H3/t11-,12-/m0/s1. The number of fused-ring (bicyclic) bond motifs is 1. The van der Waals surface area contributed by atoms with Crippen LogP contribution < -0.4 is 4.74 Å². The van der Waals surface area contributed by atoms with Gasteiger partial charge in [-0.1, -0.05) is 0 Å². The predicted molar refractivity (Wildman–Crippen MR) is 83.3 cm³/mol. The summed E-state index contributed by atoms with van der Waals surface area (Å²) in [4.78, 5) is 14.6. The molecule has 5 heteroatoms. The lowest BCUT2D eigenvalue weighted by Gasteiger charge is -2.35. The summed E-state index contributed by atoms with van der Waals surface area (Å²) in [5.41, 5.74) is 1.26. The van der Waals surface area contributed by atoms with Gasteiger partial charge in [0.05, 0.1) is 30.5 Å². The first-order chi connectivity index (χ1) is 10.6. The van der Waals surface area contributed by atoms with Crippen LogP contribution in [0, 0.1) is 0 Å². The van der Waals surface area contributed by atoms with Crippen molar-refractivity contribution in [3.05, 3.63) is 30.0 Å². The first kappa shape index (κ1) is 14.9. The maximum absolute atomic E-state index is 12.8. The molecule has 0 aliphatic carbocycles. The Bertz CT molecular complexity index is 668. The van der Waals surface area contributed by atoms with Crippen LogP contribution in [0.4, 0.5) is 0 Å². The van der Waals surface area contributed by atoms with E-state index in [0.717, 1.165) is 5.39 Å². The minimum Gasteiger partial charge on any atom is -0.493 e. The summed E-state index contributed by atoms with van der Waals surface area (Å²) in [6.45, 7) is 7.64. The summed E-state index contributed by atoms with van der Waals surface area (Å²) in [6, 6.07) is 5.44. The van der Waals surface area contributed by atoms with E-state index in [-0.39, 0.29) is 18.1 Å². The number of hydrogen-bond acceptors (Lipinski definition) is 4. The SMILES string of the molecule is CCOc1cc(C(=O)N2C[C@H](C)O[C@@H](C)C2)cc2occc12. The molecule has 0 N–H and O–H groups in total. The lowest BCUT2D eigenvalue weighted by molar-refractivity contribution is -0.0586. The van der Waals surface area contributed by atoms with Crippen LogP contribution in [0.15, 0.2) is 28.9 Å². The van der Waals surface area contributed by atoms with Crippen molar-refractivity contribution in [1.82, 2.24) is 4.90 Å². The van der Waals surface area contributed by atoms with Crippen LogP contribution in [-0.2, 0) is 4.74 Å². The Morgan fingerprint density at radius 3 is 2.73 bits per heavy atom. The van der Waals surface area contributed by atoms with Gasteiger partial charge >= 0.3 is 0 Å². The van der Waals surface area contributed by atoms with E-state index in [1.165, 1.54) is 0 Å². The van der Waals surface area contributed by atoms with Crippen molar-refractivity contribution in [2.45, 2.75) is 33.0 Å². The molecule has 3 rings (SSSR count). The molecule has 1 aliphatic rings. The number of hydrogen-bond donors (Lipinski definition) is 0.